The maximum absolute atomic E-state index is 12.5. The molecule has 0 atom stereocenters. The smallest absolute Gasteiger partial charge is 0.317 e. The van der Waals surface area contributed by atoms with Crippen LogP contribution in [0.15, 0.2) is 42.5 Å². The fourth-order valence-corrected chi connectivity index (χ4v) is 4.05. The van der Waals surface area contributed by atoms with Crippen LogP contribution in [0.2, 0.25) is 0 Å². The summed E-state index contributed by atoms with van der Waals surface area (Å²) in [7, 11) is 0. The van der Waals surface area contributed by atoms with E-state index >= 15 is 0 Å². The highest BCUT2D eigenvalue weighted by molar-refractivity contribution is 5.90. The first-order chi connectivity index (χ1) is 13.1. The Bertz CT molecular complexity index is 835. The van der Waals surface area contributed by atoms with E-state index in [1.54, 1.807) is 0 Å². The summed E-state index contributed by atoms with van der Waals surface area (Å²) in [5.41, 5.74) is 1.04. The second-order valence-corrected chi connectivity index (χ2v) is 7.97. The predicted molar refractivity (Wildman–Crippen MR) is 105 cm³/mol. The number of carboxylic acid groups (broad SMARTS) is 1. The molecule has 5 heteroatoms. The second kappa shape index (κ2) is 7.69. The minimum atomic E-state index is -0.765. The summed E-state index contributed by atoms with van der Waals surface area (Å²) in [6.45, 7) is 0.992. The predicted octanol–water partition coefficient (Wildman–Crippen LogP) is 2.83. The van der Waals surface area contributed by atoms with Gasteiger partial charge in [-0.15, -0.1) is 0 Å². The van der Waals surface area contributed by atoms with E-state index in [0.29, 0.717) is 12.3 Å². The summed E-state index contributed by atoms with van der Waals surface area (Å²) in [6.07, 6.45) is 4.51. The number of carbonyl (C=O) groups is 2. The normalized spacial score (nSPS) is 21.8. The molecular weight excluding hydrogens is 340 g/mol. The molecule has 2 N–H and O–H groups in total. The Morgan fingerprint density at radius 3 is 2.56 bits per heavy atom. The van der Waals surface area contributed by atoms with E-state index in [4.69, 9.17) is 5.11 Å². The Labute approximate surface area is 159 Å². The molecule has 0 unspecified atom stereocenters. The van der Waals surface area contributed by atoms with Crippen molar-refractivity contribution in [2.45, 2.75) is 44.2 Å². The van der Waals surface area contributed by atoms with Crippen molar-refractivity contribution >= 4 is 22.6 Å². The fraction of sp³-hybridized carbons (Fsp3) is 0.455. The van der Waals surface area contributed by atoms with E-state index < -0.39 is 5.97 Å². The van der Waals surface area contributed by atoms with Gasteiger partial charge in [-0.1, -0.05) is 42.5 Å². The molecule has 0 bridgehead atoms. The van der Waals surface area contributed by atoms with Gasteiger partial charge in [-0.3, -0.25) is 14.5 Å². The maximum atomic E-state index is 12.5. The number of hydrogen-bond acceptors (Lipinski definition) is 3. The summed E-state index contributed by atoms with van der Waals surface area (Å²) in [6, 6.07) is 14.6. The molecule has 2 aromatic carbocycles. The molecule has 2 aromatic rings. The van der Waals surface area contributed by atoms with Crippen LogP contribution in [0.25, 0.3) is 10.8 Å². The van der Waals surface area contributed by atoms with Crippen LogP contribution < -0.4 is 5.32 Å². The van der Waals surface area contributed by atoms with Crippen LogP contribution in [-0.2, 0) is 16.0 Å². The lowest BCUT2D eigenvalue weighted by atomic mass is 9.85. The van der Waals surface area contributed by atoms with Gasteiger partial charge in [0.05, 0.1) is 13.0 Å². The molecule has 0 saturated heterocycles. The number of carboxylic acids is 1. The molecule has 0 aliphatic heterocycles. The Kier molecular flexibility index (Phi) is 5.12. The Morgan fingerprint density at radius 2 is 1.81 bits per heavy atom. The summed E-state index contributed by atoms with van der Waals surface area (Å²) in [5, 5.41) is 14.5. The number of carbonyl (C=O) groups excluding carboxylic acids is 1. The first-order valence-electron chi connectivity index (χ1n) is 9.80. The number of nitrogens with one attached hydrogen (secondary N) is 1. The van der Waals surface area contributed by atoms with Crippen molar-refractivity contribution in [1.29, 1.82) is 0 Å². The number of fused-ring (bicyclic) bond motifs is 1. The van der Waals surface area contributed by atoms with Crippen molar-refractivity contribution in [1.82, 2.24) is 10.2 Å². The number of rotatable bonds is 8. The summed E-state index contributed by atoms with van der Waals surface area (Å²) in [5.74, 6) is -0.0507. The van der Waals surface area contributed by atoms with Gasteiger partial charge in [0.2, 0.25) is 5.91 Å². The van der Waals surface area contributed by atoms with Gasteiger partial charge >= 0.3 is 5.97 Å². The highest BCUT2D eigenvalue weighted by atomic mass is 16.4. The van der Waals surface area contributed by atoms with E-state index in [2.05, 4.69) is 28.4 Å². The molecule has 0 aromatic heterocycles. The van der Waals surface area contributed by atoms with Gasteiger partial charge in [-0.2, -0.15) is 0 Å². The monoisotopic (exact) mass is 366 g/mol. The van der Waals surface area contributed by atoms with Crippen molar-refractivity contribution in [2.24, 2.45) is 5.92 Å². The third-order valence-electron chi connectivity index (χ3n) is 5.75. The van der Waals surface area contributed by atoms with Crippen molar-refractivity contribution < 1.29 is 14.7 Å². The van der Waals surface area contributed by atoms with Gasteiger partial charge in [0.15, 0.2) is 0 Å². The minimum absolute atomic E-state index is 0.0433. The zero-order valence-electron chi connectivity index (χ0n) is 15.4. The molecule has 142 valence electrons. The molecule has 2 fully saturated rings. The molecular formula is C22H26N2O3. The SMILES string of the molecule is O=C(O)CN(CC1CC1)C1CC(NC(=O)Cc2cccc3ccccc23)C1. The zero-order chi connectivity index (χ0) is 18.8. The lowest BCUT2D eigenvalue weighted by Gasteiger charge is -2.42. The van der Waals surface area contributed by atoms with E-state index in [1.807, 2.05) is 24.3 Å². The molecule has 27 heavy (non-hydrogen) atoms. The average Bonchev–Trinajstić information content (AvgIpc) is 3.41. The minimum Gasteiger partial charge on any atom is -0.480 e. The van der Waals surface area contributed by atoms with Crippen molar-refractivity contribution in [3.05, 3.63) is 48.0 Å². The fourth-order valence-electron chi connectivity index (χ4n) is 4.05. The molecule has 2 aliphatic carbocycles. The van der Waals surface area contributed by atoms with Crippen molar-refractivity contribution in [2.75, 3.05) is 13.1 Å². The molecule has 1 amide bonds. The van der Waals surface area contributed by atoms with E-state index in [0.717, 1.165) is 35.7 Å². The Morgan fingerprint density at radius 1 is 1.07 bits per heavy atom. The number of nitrogens with zero attached hydrogens (tertiary/aromatic N) is 1. The van der Waals surface area contributed by atoms with Gasteiger partial charge in [0.1, 0.15) is 0 Å². The van der Waals surface area contributed by atoms with Crippen LogP contribution in [0.5, 0.6) is 0 Å². The molecule has 2 aliphatic rings. The average molecular weight is 366 g/mol. The van der Waals surface area contributed by atoms with Crippen molar-refractivity contribution in [3.63, 3.8) is 0 Å². The van der Waals surface area contributed by atoms with Crippen LogP contribution in [0.4, 0.5) is 0 Å². The lowest BCUT2D eigenvalue weighted by Crippen LogP contribution is -2.55. The number of amides is 1. The lowest BCUT2D eigenvalue weighted by molar-refractivity contribution is -0.140. The largest absolute Gasteiger partial charge is 0.480 e. The quantitative estimate of drug-likeness (QED) is 0.754. The second-order valence-electron chi connectivity index (χ2n) is 7.97. The van der Waals surface area contributed by atoms with Crippen LogP contribution in [-0.4, -0.2) is 47.1 Å². The molecule has 0 radical (unpaired) electrons. The highest BCUT2D eigenvalue weighted by Gasteiger charge is 2.37. The highest BCUT2D eigenvalue weighted by Crippen LogP contribution is 2.33. The first kappa shape index (κ1) is 18.0. The Hall–Kier alpha value is -2.40. The van der Waals surface area contributed by atoms with Crippen LogP contribution in [0.3, 0.4) is 0 Å². The number of hydrogen-bond donors (Lipinski definition) is 2. The molecule has 0 spiro atoms. The van der Waals surface area contributed by atoms with Crippen molar-refractivity contribution in [3.8, 4) is 0 Å². The summed E-state index contributed by atoms with van der Waals surface area (Å²) >= 11 is 0. The van der Waals surface area contributed by atoms with Gasteiger partial charge in [-0.05, 0) is 47.9 Å². The topological polar surface area (TPSA) is 69.6 Å². The maximum Gasteiger partial charge on any atom is 0.317 e. The van der Waals surface area contributed by atoms with Crippen LogP contribution >= 0.6 is 0 Å². The number of benzene rings is 2. The van der Waals surface area contributed by atoms with Crippen LogP contribution in [0.1, 0.15) is 31.2 Å². The standard InChI is InChI=1S/C22H26N2O3/c25-21(10-17-6-3-5-16-4-1-2-7-20(16)17)23-18-11-19(12-18)24(14-22(26)27)13-15-8-9-15/h1-7,15,18-19H,8-14H2,(H,23,25)(H,26,27). The van der Waals surface area contributed by atoms with Gasteiger partial charge in [0, 0.05) is 18.6 Å². The molecule has 5 nitrogen and oxygen atoms in total. The van der Waals surface area contributed by atoms with E-state index in [-0.39, 0.29) is 24.5 Å². The van der Waals surface area contributed by atoms with Gasteiger partial charge in [0.25, 0.3) is 0 Å². The number of aliphatic carboxylic acids is 1. The third-order valence-corrected chi connectivity index (χ3v) is 5.75. The molecule has 0 heterocycles. The zero-order valence-corrected chi connectivity index (χ0v) is 15.4. The first-order valence-corrected chi connectivity index (χ1v) is 9.80. The third kappa shape index (κ3) is 4.48. The van der Waals surface area contributed by atoms with Crippen LogP contribution in [0, 0.1) is 5.92 Å². The summed E-state index contributed by atoms with van der Waals surface area (Å²) < 4.78 is 0. The Balaban J connectivity index is 1.30. The van der Waals surface area contributed by atoms with E-state index in [9.17, 15) is 9.59 Å². The van der Waals surface area contributed by atoms with Gasteiger partial charge < -0.3 is 10.4 Å². The van der Waals surface area contributed by atoms with E-state index in [1.165, 1.54) is 12.8 Å². The summed E-state index contributed by atoms with van der Waals surface area (Å²) in [4.78, 5) is 25.7. The molecule has 4 rings (SSSR count). The molecule has 2 saturated carbocycles. The van der Waals surface area contributed by atoms with Gasteiger partial charge in [-0.25, -0.2) is 0 Å².